The zero-order valence-electron chi connectivity index (χ0n) is 23.1. The highest BCUT2D eigenvalue weighted by Gasteiger charge is 2.42. The Morgan fingerprint density at radius 3 is 2.49 bits per heavy atom. The fourth-order valence-electron chi connectivity index (χ4n) is 5.75. The Hall–Kier alpha value is -2.70. The van der Waals surface area contributed by atoms with Crippen LogP contribution in [0.1, 0.15) is 113 Å². The number of nitrogens with one attached hydrogen (secondary N) is 1. The molecule has 3 aliphatic carbocycles. The topological polar surface area (TPSA) is 86.1 Å². The van der Waals surface area contributed by atoms with Crippen LogP contribution in [0.5, 0.6) is 0 Å². The van der Waals surface area contributed by atoms with Crippen molar-refractivity contribution in [1.82, 2.24) is 19.9 Å². The highest BCUT2D eigenvalue weighted by Crippen LogP contribution is 2.47. The molecule has 2 aromatic heterocycles. The van der Waals surface area contributed by atoms with Gasteiger partial charge in [0.2, 0.25) is 0 Å². The van der Waals surface area contributed by atoms with Crippen LogP contribution in [0.25, 0.3) is 11.4 Å². The van der Waals surface area contributed by atoms with Gasteiger partial charge in [0.1, 0.15) is 11.9 Å². The van der Waals surface area contributed by atoms with Crippen LogP contribution < -0.4 is 5.32 Å². The van der Waals surface area contributed by atoms with Gasteiger partial charge in [-0.15, -0.1) is 0 Å². The monoisotopic (exact) mass is 506 g/mol. The largest absolute Gasteiger partial charge is 0.464 e. The van der Waals surface area contributed by atoms with E-state index in [0.717, 1.165) is 48.0 Å². The molecule has 0 bridgehead atoms. The number of amides is 1. The summed E-state index contributed by atoms with van der Waals surface area (Å²) in [6.45, 7) is 12.2. The first-order chi connectivity index (χ1) is 17.6. The maximum atomic E-state index is 13.4. The molecule has 0 saturated heterocycles. The van der Waals surface area contributed by atoms with Gasteiger partial charge in [-0.25, -0.2) is 9.97 Å². The lowest BCUT2D eigenvalue weighted by atomic mass is 9.89. The van der Waals surface area contributed by atoms with Crippen molar-refractivity contribution in [3.63, 3.8) is 0 Å². The Morgan fingerprint density at radius 2 is 1.86 bits per heavy atom. The first-order valence-corrected chi connectivity index (χ1v) is 14.1. The third-order valence-corrected chi connectivity index (χ3v) is 8.73. The van der Waals surface area contributed by atoms with Crippen LogP contribution in [0.2, 0.25) is 0 Å². The second kappa shape index (κ2) is 9.88. The molecule has 2 aromatic rings. The Balaban J connectivity index is 1.51. The SMILES string of the molecule is Cc1c(C(=O)N[C@H]2C[C@H](OC=O)C2)cc(-c2cc(C3(C)CC3)nc(C(C)(C)C)n2)n1CC1CCCCC1. The fourth-order valence-corrected chi connectivity index (χ4v) is 5.75. The van der Waals surface area contributed by atoms with Gasteiger partial charge in [0.05, 0.1) is 22.6 Å². The van der Waals surface area contributed by atoms with E-state index in [1.165, 1.54) is 32.1 Å². The number of aromatic nitrogens is 3. The highest BCUT2D eigenvalue weighted by molar-refractivity contribution is 5.97. The molecule has 3 fully saturated rings. The molecule has 2 heterocycles. The molecule has 0 radical (unpaired) electrons. The van der Waals surface area contributed by atoms with E-state index in [4.69, 9.17) is 14.7 Å². The second-order valence-corrected chi connectivity index (χ2v) is 12.9. The number of ether oxygens (including phenoxy) is 1. The van der Waals surface area contributed by atoms with Crippen molar-refractivity contribution in [3.05, 3.63) is 34.9 Å². The van der Waals surface area contributed by atoms with Crippen LogP contribution in [0.3, 0.4) is 0 Å². The van der Waals surface area contributed by atoms with E-state index < -0.39 is 0 Å². The fraction of sp³-hybridized carbons (Fsp3) is 0.667. The summed E-state index contributed by atoms with van der Waals surface area (Å²) in [5.41, 5.74) is 4.71. The first kappa shape index (κ1) is 25.9. The number of nitrogens with zero attached hydrogens (tertiary/aromatic N) is 3. The molecule has 0 aromatic carbocycles. The number of rotatable bonds is 8. The van der Waals surface area contributed by atoms with E-state index in [1.54, 1.807) is 0 Å². The first-order valence-electron chi connectivity index (χ1n) is 14.1. The summed E-state index contributed by atoms with van der Waals surface area (Å²) in [7, 11) is 0. The van der Waals surface area contributed by atoms with Crippen LogP contribution in [0.15, 0.2) is 12.1 Å². The molecule has 3 saturated carbocycles. The van der Waals surface area contributed by atoms with Crippen molar-refractivity contribution in [1.29, 1.82) is 0 Å². The minimum absolute atomic E-state index is 0.0370. The van der Waals surface area contributed by atoms with Gasteiger partial charge in [-0.05, 0) is 50.7 Å². The molecule has 37 heavy (non-hydrogen) atoms. The second-order valence-electron chi connectivity index (χ2n) is 12.9. The molecule has 0 aliphatic heterocycles. The Labute approximate surface area is 220 Å². The van der Waals surface area contributed by atoms with Gasteiger partial charge in [-0.2, -0.15) is 0 Å². The third kappa shape index (κ3) is 5.46. The minimum atomic E-state index is -0.170. The molecule has 3 aliphatic rings. The molecule has 7 heteroatoms. The summed E-state index contributed by atoms with van der Waals surface area (Å²) >= 11 is 0. The standard InChI is InChI=1S/C30H42N4O3/c1-19-23(27(36)31-21-13-22(14-21)37-18-35)15-25(34(19)17-20-9-7-6-8-10-20)24-16-26(30(5)11-12-30)33-28(32-24)29(2,3)4/h15-16,18,20-22H,6-14,17H2,1-5H3,(H,31,36)/t21-,22-. The van der Waals surface area contributed by atoms with Crippen molar-refractivity contribution in [2.75, 3.05) is 0 Å². The Bertz CT molecular complexity index is 1140. The van der Waals surface area contributed by atoms with Gasteiger partial charge in [-0.3, -0.25) is 9.59 Å². The van der Waals surface area contributed by atoms with Crippen molar-refractivity contribution in [3.8, 4) is 11.4 Å². The van der Waals surface area contributed by atoms with Crippen LogP contribution in [0.4, 0.5) is 0 Å². The van der Waals surface area contributed by atoms with Gasteiger partial charge in [0, 0.05) is 42.0 Å². The van der Waals surface area contributed by atoms with E-state index in [1.807, 2.05) is 6.07 Å². The summed E-state index contributed by atoms with van der Waals surface area (Å²) in [6, 6.07) is 4.25. The van der Waals surface area contributed by atoms with Gasteiger partial charge >= 0.3 is 0 Å². The lowest BCUT2D eigenvalue weighted by molar-refractivity contribution is -0.138. The number of carbonyl (C=O) groups is 2. The van der Waals surface area contributed by atoms with E-state index in [-0.39, 0.29) is 28.9 Å². The van der Waals surface area contributed by atoms with Crippen LogP contribution >= 0.6 is 0 Å². The average molecular weight is 507 g/mol. The van der Waals surface area contributed by atoms with E-state index in [2.05, 4.69) is 50.6 Å². The summed E-state index contributed by atoms with van der Waals surface area (Å²) in [5.74, 6) is 1.42. The van der Waals surface area contributed by atoms with Crippen molar-refractivity contribution in [2.24, 2.45) is 5.92 Å². The molecule has 5 rings (SSSR count). The predicted octanol–water partition coefficient (Wildman–Crippen LogP) is 5.62. The molecule has 200 valence electrons. The normalized spacial score (nSPS) is 23.3. The molecule has 1 N–H and O–H groups in total. The summed E-state index contributed by atoms with van der Waals surface area (Å²) in [4.78, 5) is 34.1. The quantitative estimate of drug-likeness (QED) is 0.470. The molecule has 0 unspecified atom stereocenters. The van der Waals surface area contributed by atoms with E-state index >= 15 is 0 Å². The van der Waals surface area contributed by atoms with E-state index in [9.17, 15) is 9.59 Å². The minimum Gasteiger partial charge on any atom is -0.464 e. The summed E-state index contributed by atoms with van der Waals surface area (Å²) < 4.78 is 7.36. The van der Waals surface area contributed by atoms with E-state index in [0.29, 0.717) is 30.8 Å². The third-order valence-electron chi connectivity index (χ3n) is 8.73. The van der Waals surface area contributed by atoms with Crippen molar-refractivity contribution in [2.45, 2.75) is 122 Å². The van der Waals surface area contributed by atoms with Gasteiger partial charge < -0.3 is 14.6 Å². The highest BCUT2D eigenvalue weighted by atomic mass is 16.5. The molecule has 0 atom stereocenters. The molecule has 7 nitrogen and oxygen atoms in total. The van der Waals surface area contributed by atoms with Crippen molar-refractivity contribution >= 4 is 12.4 Å². The summed E-state index contributed by atoms with van der Waals surface area (Å²) in [5, 5.41) is 3.16. The number of hydrogen-bond acceptors (Lipinski definition) is 5. The molecular formula is C30H42N4O3. The Morgan fingerprint density at radius 1 is 1.16 bits per heavy atom. The lowest BCUT2D eigenvalue weighted by Gasteiger charge is -2.34. The molecule has 1 amide bonds. The lowest BCUT2D eigenvalue weighted by Crippen LogP contribution is -2.47. The molecular weight excluding hydrogens is 464 g/mol. The van der Waals surface area contributed by atoms with Crippen LogP contribution in [-0.2, 0) is 26.9 Å². The maximum absolute atomic E-state index is 13.4. The van der Waals surface area contributed by atoms with Gasteiger partial charge in [0.15, 0.2) is 0 Å². The smallest absolute Gasteiger partial charge is 0.293 e. The zero-order chi connectivity index (χ0) is 26.4. The zero-order valence-corrected chi connectivity index (χ0v) is 23.1. The number of carbonyl (C=O) groups excluding carboxylic acids is 2. The average Bonchev–Trinajstić information content (AvgIpc) is 3.52. The van der Waals surface area contributed by atoms with Crippen molar-refractivity contribution < 1.29 is 14.3 Å². The number of hydrogen-bond donors (Lipinski definition) is 1. The predicted molar refractivity (Wildman–Crippen MR) is 143 cm³/mol. The van der Waals surface area contributed by atoms with Gasteiger partial charge in [0.25, 0.3) is 12.4 Å². The maximum Gasteiger partial charge on any atom is 0.293 e. The van der Waals surface area contributed by atoms with Gasteiger partial charge in [-0.1, -0.05) is 47.0 Å². The summed E-state index contributed by atoms with van der Waals surface area (Å²) in [6.07, 6.45) is 9.91. The molecule has 0 spiro atoms. The van der Waals surface area contributed by atoms with Crippen LogP contribution in [-0.4, -0.2) is 39.1 Å². The van der Waals surface area contributed by atoms with Crippen LogP contribution in [0, 0.1) is 12.8 Å². The Kier molecular flexibility index (Phi) is 6.92.